The van der Waals surface area contributed by atoms with E-state index in [1.807, 2.05) is 12.1 Å². The van der Waals surface area contributed by atoms with E-state index in [-0.39, 0.29) is 0 Å². The van der Waals surface area contributed by atoms with Crippen LogP contribution in [0.2, 0.25) is 0 Å². The molecule has 0 saturated carbocycles. The Morgan fingerprint density at radius 2 is 2.21 bits per heavy atom. The summed E-state index contributed by atoms with van der Waals surface area (Å²) in [7, 11) is 0. The first kappa shape index (κ1) is 10.8. The van der Waals surface area contributed by atoms with E-state index in [0.717, 1.165) is 37.6 Å². The van der Waals surface area contributed by atoms with Crippen LogP contribution in [0.4, 0.5) is 5.82 Å². The summed E-state index contributed by atoms with van der Waals surface area (Å²) in [5.41, 5.74) is 0. The highest BCUT2D eigenvalue weighted by molar-refractivity contribution is 5.40. The first-order chi connectivity index (χ1) is 6.86. The van der Waals surface area contributed by atoms with Gasteiger partial charge in [0.2, 0.25) is 0 Å². The molecule has 78 valence electrons. The third kappa shape index (κ3) is 3.64. The topological polar surface area (TPSA) is 34.1 Å². The summed E-state index contributed by atoms with van der Waals surface area (Å²) in [5.74, 6) is 1.78. The zero-order valence-corrected chi connectivity index (χ0v) is 8.92. The highest BCUT2D eigenvalue weighted by Crippen LogP contribution is 2.14. The van der Waals surface area contributed by atoms with Gasteiger partial charge in [-0.05, 0) is 18.9 Å². The molecular formula is C11H18N2O. The molecular weight excluding hydrogens is 176 g/mol. The number of hydrogen-bond donors (Lipinski definition) is 1. The number of pyridine rings is 1. The van der Waals surface area contributed by atoms with Crippen LogP contribution in [0, 0.1) is 0 Å². The van der Waals surface area contributed by atoms with E-state index in [4.69, 9.17) is 4.74 Å². The van der Waals surface area contributed by atoms with Gasteiger partial charge in [-0.15, -0.1) is 0 Å². The van der Waals surface area contributed by atoms with Crippen LogP contribution in [0.25, 0.3) is 0 Å². The van der Waals surface area contributed by atoms with Gasteiger partial charge in [-0.2, -0.15) is 0 Å². The summed E-state index contributed by atoms with van der Waals surface area (Å²) < 4.78 is 5.50. The minimum atomic E-state index is 0.761. The molecule has 0 aliphatic rings. The van der Waals surface area contributed by atoms with Gasteiger partial charge < -0.3 is 10.1 Å². The Hall–Kier alpha value is -1.25. The Morgan fingerprint density at radius 3 is 2.93 bits per heavy atom. The molecule has 3 heteroatoms. The molecule has 0 atom stereocenters. The van der Waals surface area contributed by atoms with E-state index in [0.29, 0.717) is 0 Å². The smallest absolute Gasteiger partial charge is 0.129 e. The summed E-state index contributed by atoms with van der Waals surface area (Å²) in [6.45, 7) is 5.93. The molecule has 1 aromatic rings. The van der Waals surface area contributed by atoms with E-state index in [1.54, 1.807) is 6.20 Å². The van der Waals surface area contributed by atoms with Gasteiger partial charge in [0.15, 0.2) is 0 Å². The van der Waals surface area contributed by atoms with Crippen LogP contribution >= 0.6 is 0 Å². The standard InChI is InChI=1S/C11H18N2O/c1-3-6-12-11-9-10(5-7-13-11)14-8-4-2/h5,7,9H,3-4,6,8H2,1-2H3,(H,12,13). The van der Waals surface area contributed by atoms with E-state index in [2.05, 4.69) is 24.1 Å². The van der Waals surface area contributed by atoms with E-state index in [9.17, 15) is 0 Å². The van der Waals surface area contributed by atoms with Crippen LogP contribution in [-0.2, 0) is 0 Å². The maximum Gasteiger partial charge on any atom is 0.129 e. The largest absolute Gasteiger partial charge is 0.493 e. The molecule has 0 aromatic carbocycles. The summed E-state index contributed by atoms with van der Waals surface area (Å²) in [4.78, 5) is 4.19. The molecule has 0 spiro atoms. The summed E-state index contributed by atoms with van der Waals surface area (Å²) in [6.07, 6.45) is 3.89. The van der Waals surface area contributed by atoms with E-state index in [1.165, 1.54) is 0 Å². The van der Waals surface area contributed by atoms with Gasteiger partial charge in [0.1, 0.15) is 11.6 Å². The second kappa shape index (κ2) is 6.24. The van der Waals surface area contributed by atoms with Gasteiger partial charge in [0.05, 0.1) is 6.61 Å². The molecule has 0 fully saturated rings. The number of aromatic nitrogens is 1. The predicted octanol–water partition coefficient (Wildman–Crippen LogP) is 2.69. The second-order valence-corrected chi connectivity index (χ2v) is 3.15. The Kier molecular flexibility index (Phi) is 4.83. The summed E-state index contributed by atoms with van der Waals surface area (Å²) >= 11 is 0. The molecule has 0 unspecified atom stereocenters. The fourth-order valence-electron chi connectivity index (χ4n) is 1.07. The maximum absolute atomic E-state index is 5.50. The van der Waals surface area contributed by atoms with E-state index < -0.39 is 0 Å². The Balaban J connectivity index is 2.50. The number of rotatable bonds is 6. The van der Waals surface area contributed by atoms with Gasteiger partial charge in [0.25, 0.3) is 0 Å². The third-order valence-corrected chi connectivity index (χ3v) is 1.76. The Morgan fingerprint density at radius 1 is 1.36 bits per heavy atom. The fourth-order valence-corrected chi connectivity index (χ4v) is 1.07. The molecule has 1 aromatic heterocycles. The van der Waals surface area contributed by atoms with Gasteiger partial charge in [-0.3, -0.25) is 0 Å². The zero-order chi connectivity index (χ0) is 10.2. The average Bonchev–Trinajstić information content (AvgIpc) is 2.24. The van der Waals surface area contributed by atoms with Crippen LogP contribution in [0.3, 0.4) is 0 Å². The number of hydrogen-bond acceptors (Lipinski definition) is 3. The molecule has 0 saturated heterocycles. The van der Waals surface area contributed by atoms with Crippen molar-refractivity contribution >= 4 is 5.82 Å². The van der Waals surface area contributed by atoms with Gasteiger partial charge >= 0.3 is 0 Å². The van der Waals surface area contributed by atoms with Crippen LogP contribution in [0.1, 0.15) is 26.7 Å². The van der Waals surface area contributed by atoms with Crippen molar-refractivity contribution in [3.8, 4) is 5.75 Å². The lowest BCUT2D eigenvalue weighted by molar-refractivity contribution is 0.317. The lowest BCUT2D eigenvalue weighted by Gasteiger charge is -2.07. The van der Waals surface area contributed by atoms with Crippen molar-refractivity contribution in [3.63, 3.8) is 0 Å². The minimum absolute atomic E-state index is 0.761. The second-order valence-electron chi connectivity index (χ2n) is 3.15. The van der Waals surface area contributed by atoms with Crippen LogP contribution in [0.15, 0.2) is 18.3 Å². The zero-order valence-electron chi connectivity index (χ0n) is 8.92. The first-order valence-electron chi connectivity index (χ1n) is 5.19. The van der Waals surface area contributed by atoms with Crippen molar-refractivity contribution in [3.05, 3.63) is 18.3 Å². The number of nitrogens with zero attached hydrogens (tertiary/aromatic N) is 1. The first-order valence-corrected chi connectivity index (χ1v) is 5.19. The van der Waals surface area contributed by atoms with Crippen LogP contribution < -0.4 is 10.1 Å². The monoisotopic (exact) mass is 194 g/mol. The minimum Gasteiger partial charge on any atom is -0.493 e. The van der Waals surface area contributed by atoms with Crippen molar-refractivity contribution in [2.24, 2.45) is 0 Å². The van der Waals surface area contributed by atoms with Gasteiger partial charge in [-0.1, -0.05) is 13.8 Å². The van der Waals surface area contributed by atoms with Crippen molar-refractivity contribution in [1.29, 1.82) is 0 Å². The predicted molar refractivity (Wildman–Crippen MR) is 58.8 cm³/mol. The quantitative estimate of drug-likeness (QED) is 0.756. The molecule has 3 nitrogen and oxygen atoms in total. The Labute approximate surface area is 85.5 Å². The lowest BCUT2D eigenvalue weighted by Crippen LogP contribution is -2.02. The molecule has 0 aliphatic heterocycles. The van der Waals surface area contributed by atoms with Crippen molar-refractivity contribution in [2.45, 2.75) is 26.7 Å². The average molecular weight is 194 g/mol. The molecule has 1 heterocycles. The van der Waals surface area contributed by atoms with Gasteiger partial charge in [-0.25, -0.2) is 4.98 Å². The fraction of sp³-hybridized carbons (Fsp3) is 0.545. The van der Waals surface area contributed by atoms with Crippen molar-refractivity contribution < 1.29 is 4.74 Å². The molecule has 0 radical (unpaired) electrons. The highest BCUT2D eigenvalue weighted by atomic mass is 16.5. The van der Waals surface area contributed by atoms with Crippen molar-refractivity contribution in [1.82, 2.24) is 4.98 Å². The molecule has 0 bridgehead atoms. The molecule has 14 heavy (non-hydrogen) atoms. The maximum atomic E-state index is 5.50. The van der Waals surface area contributed by atoms with Gasteiger partial charge in [0, 0.05) is 18.8 Å². The number of nitrogens with one attached hydrogen (secondary N) is 1. The molecule has 1 rings (SSSR count). The summed E-state index contributed by atoms with van der Waals surface area (Å²) in [5, 5.41) is 3.22. The van der Waals surface area contributed by atoms with Crippen molar-refractivity contribution in [2.75, 3.05) is 18.5 Å². The number of anilines is 1. The number of ether oxygens (including phenoxy) is 1. The van der Waals surface area contributed by atoms with Crippen LogP contribution in [0.5, 0.6) is 5.75 Å². The van der Waals surface area contributed by atoms with Crippen LogP contribution in [-0.4, -0.2) is 18.1 Å². The lowest BCUT2D eigenvalue weighted by atomic mass is 10.4. The molecule has 1 N–H and O–H groups in total. The van der Waals surface area contributed by atoms with E-state index >= 15 is 0 Å². The summed E-state index contributed by atoms with van der Waals surface area (Å²) in [6, 6.07) is 3.82. The third-order valence-electron chi connectivity index (χ3n) is 1.76. The molecule has 0 amide bonds. The SMILES string of the molecule is CCCNc1cc(OCCC)ccn1. The Bertz CT molecular complexity index is 240. The highest BCUT2D eigenvalue weighted by Gasteiger charge is 1.96. The molecule has 0 aliphatic carbocycles. The normalized spacial score (nSPS) is 9.86.